The first kappa shape index (κ1) is 10.9. The summed E-state index contributed by atoms with van der Waals surface area (Å²) < 4.78 is 0. The molecule has 0 radical (unpaired) electrons. The van der Waals surface area contributed by atoms with Gasteiger partial charge >= 0.3 is 0 Å². The minimum Gasteiger partial charge on any atom is -0.383 e. The zero-order valence-electron chi connectivity index (χ0n) is 6.85. The van der Waals surface area contributed by atoms with Crippen LogP contribution in [0.5, 0.6) is 0 Å². The maximum Gasteiger partial charge on any atom is 0.151 e. The first-order valence-electron chi connectivity index (χ1n) is 3.87. The van der Waals surface area contributed by atoms with Crippen LogP contribution >= 0.6 is 11.6 Å². The van der Waals surface area contributed by atoms with Gasteiger partial charge in [0.05, 0.1) is 0 Å². The van der Waals surface area contributed by atoms with E-state index in [1.807, 2.05) is 0 Å². The van der Waals surface area contributed by atoms with Crippen LogP contribution in [0.25, 0.3) is 0 Å². The third-order valence-electron chi connectivity index (χ3n) is 1.57. The van der Waals surface area contributed by atoms with Gasteiger partial charge in [-0.15, -0.1) is 11.6 Å². The van der Waals surface area contributed by atoms with Crippen LogP contribution in [0.4, 0.5) is 0 Å². The Labute approximate surface area is 72.6 Å². The fourth-order valence-electron chi connectivity index (χ4n) is 0.813. The molecule has 3 heteroatoms. The van der Waals surface area contributed by atoms with Crippen molar-refractivity contribution in [3.63, 3.8) is 0 Å². The lowest BCUT2D eigenvalue weighted by Gasteiger charge is -2.14. The molecule has 0 heterocycles. The van der Waals surface area contributed by atoms with Crippen molar-refractivity contribution in [3.05, 3.63) is 0 Å². The van der Waals surface area contributed by atoms with Crippen LogP contribution in [-0.2, 0) is 4.79 Å². The molecular formula is C8H15ClO2. The van der Waals surface area contributed by atoms with E-state index < -0.39 is 5.60 Å². The molecule has 11 heavy (non-hydrogen) atoms. The molecule has 0 aliphatic heterocycles. The Kier molecular flexibility index (Phi) is 5.51. The van der Waals surface area contributed by atoms with Gasteiger partial charge in [0.25, 0.3) is 0 Å². The van der Waals surface area contributed by atoms with Gasteiger partial charge in [0.15, 0.2) is 6.29 Å². The van der Waals surface area contributed by atoms with Gasteiger partial charge in [0.1, 0.15) is 5.60 Å². The van der Waals surface area contributed by atoms with Gasteiger partial charge in [-0.1, -0.05) is 12.8 Å². The second-order valence-electron chi connectivity index (χ2n) is 2.97. The molecule has 0 unspecified atom stereocenters. The van der Waals surface area contributed by atoms with E-state index in [4.69, 9.17) is 11.6 Å². The number of rotatable bonds is 6. The van der Waals surface area contributed by atoms with Crippen molar-refractivity contribution in [2.75, 3.05) is 5.88 Å². The SMILES string of the molecule is C[C@@](O)(C=O)CCCCCCl. The Morgan fingerprint density at radius 2 is 2.09 bits per heavy atom. The third kappa shape index (κ3) is 6.32. The number of halogens is 1. The average molecular weight is 179 g/mol. The molecule has 0 aromatic carbocycles. The van der Waals surface area contributed by atoms with Crippen LogP contribution < -0.4 is 0 Å². The third-order valence-corrected chi connectivity index (χ3v) is 1.84. The summed E-state index contributed by atoms with van der Waals surface area (Å²) in [5.74, 6) is 0.656. The van der Waals surface area contributed by atoms with Crippen LogP contribution in [0.15, 0.2) is 0 Å². The van der Waals surface area contributed by atoms with Gasteiger partial charge in [-0.05, 0) is 19.8 Å². The predicted octanol–water partition coefficient (Wildman–Crippen LogP) is 1.74. The minimum atomic E-state index is -1.13. The number of carbonyl (C=O) groups excluding carboxylic acids is 1. The van der Waals surface area contributed by atoms with Crippen molar-refractivity contribution in [3.8, 4) is 0 Å². The van der Waals surface area contributed by atoms with Gasteiger partial charge in [-0.3, -0.25) is 0 Å². The van der Waals surface area contributed by atoms with Crippen molar-refractivity contribution >= 4 is 17.9 Å². The predicted molar refractivity (Wildman–Crippen MR) is 45.9 cm³/mol. The van der Waals surface area contributed by atoms with E-state index in [1.165, 1.54) is 6.92 Å². The van der Waals surface area contributed by atoms with Crippen molar-refractivity contribution in [2.24, 2.45) is 0 Å². The Balaban J connectivity index is 3.30. The second kappa shape index (κ2) is 5.56. The van der Waals surface area contributed by atoms with E-state index in [2.05, 4.69) is 0 Å². The second-order valence-corrected chi connectivity index (χ2v) is 3.35. The number of unbranched alkanes of at least 4 members (excludes halogenated alkanes) is 2. The lowest BCUT2D eigenvalue weighted by atomic mass is 10.0. The fraction of sp³-hybridized carbons (Fsp3) is 0.875. The average Bonchev–Trinajstić information content (AvgIpc) is 1.99. The smallest absolute Gasteiger partial charge is 0.151 e. The Morgan fingerprint density at radius 3 is 2.55 bits per heavy atom. The fourth-order valence-corrected chi connectivity index (χ4v) is 1.00. The first-order valence-corrected chi connectivity index (χ1v) is 4.40. The molecule has 1 atom stereocenters. The topological polar surface area (TPSA) is 37.3 Å². The zero-order valence-corrected chi connectivity index (χ0v) is 7.60. The van der Waals surface area contributed by atoms with Gasteiger partial charge in [-0.25, -0.2) is 0 Å². The Bertz CT molecular complexity index is 113. The largest absolute Gasteiger partial charge is 0.383 e. The Hall–Kier alpha value is -0.0800. The molecule has 2 nitrogen and oxygen atoms in total. The summed E-state index contributed by atoms with van der Waals surface area (Å²) in [6.07, 6.45) is 3.92. The quantitative estimate of drug-likeness (QED) is 0.382. The standard InChI is InChI=1S/C8H15ClO2/c1-8(11,7-10)5-3-2-4-6-9/h7,11H,2-6H2,1H3/t8-/m0/s1. The van der Waals surface area contributed by atoms with E-state index in [0.29, 0.717) is 18.6 Å². The van der Waals surface area contributed by atoms with Crippen LogP contribution in [0.2, 0.25) is 0 Å². The van der Waals surface area contributed by atoms with Crippen molar-refractivity contribution in [2.45, 2.75) is 38.2 Å². The van der Waals surface area contributed by atoms with Gasteiger partial charge in [0.2, 0.25) is 0 Å². The van der Waals surface area contributed by atoms with E-state index in [9.17, 15) is 9.90 Å². The molecule has 1 N–H and O–H groups in total. The summed E-state index contributed by atoms with van der Waals surface area (Å²) in [5, 5.41) is 9.22. The minimum absolute atomic E-state index is 0.535. The highest BCUT2D eigenvalue weighted by atomic mass is 35.5. The van der Waals surface area contributed by atoms with Crippen molar-refractivity contribution < 1.29 is 9.90 Å². The molecule has 0 spiro atoms. The van der Waals surface area contributed by atoms with Gasteiger partial charge < -0.3 is 9.90 Å². The molecule has 0 bridgehead atoms. The molecule has 0 aromatic rings. The van der Waals surface area contributed by atoms with Crippen molar-refractivity contribution in [1.29, 1.82) is 0 Å². The van der Waals surface area contributed by atoms with Gasteiger partial charge in [0, 0.05) is 5.88 Å². The Morgan fingerprint density at radius 1 is 1.45 bits per heavy atom. The lowest BCUT2D eigenvalue weighted by molar-refractivity contribution is -0.123. The van der Waals surface area contributed by atoms with Gasteiger partial charge in [-0.2, -0.15) is 0 Å². The molecule has 0 aliphatic carbocycles. The number of carbonyl (C=O) groups is 1. The lowest BCUT2D eigenvalue weighted by Crippen LogP contribution is -2.25. The van der Waals surface area contributed by atoms with Crippen LogP contribution in [0, 0.1) is 0 Å². The maximum absolute atomic E-state index is 10.2. The summed E-state index contributed by atoms with van der Waals surface area (Å²) in [7, 11) is 0. The summed E-state index contributed by atoms with van der Waals surface area (Å²) in [4.78, 5) is 10.2. The first-order chi connectivity index (χ1) is 5.12. The number of hydrogen-bond donors (Lipinski definition) is 1. The number of alkyl halides is 1. The molecule has 0 amide bonds. The summed E-state index contributed by atoms with van der Waals surface area (Å²) in [6, 6.07) is 0. The van der Waals surface area contributed by atoms with E-state index in [-0.39, 0.29) is 0 Å². The van der Waals surface area contributed by atoms with Crippen LogP contribution in [-0.4, -0.2) is 22.9 Å². The monoisotopic (exact) mass is 178 g/mol. The molecule has 0 saturated heterocycles. The molecule has 0 fully saturated rings. The number of aliphatic hydroxyl groups is 1. The number of aldehydes is 1. The van der Waals surface area contributed by atoms with Crippen LogP contribution in [0.3, 0.4) is 0 Å². The normalized spacial score (nSPS) is 15.9. The maximum atomic E-state index is 10.2. The molecule has 0 rings (SSSR count). The molecule has 66 valence electrons. The summed E-state index contributed by atoms with van der Waals surface area (Å²) in [5.41, 5.74) is -1.13. The highest BCUT2D eigenvalue weighted by Crippen LogP contribution is 2.11. The highest BCUT2D eigenvalue weighted by molar-refractivity contribution is 6.17. The molecule has 0 saturated carbocycles. The summed E-state index contributed by atoms with van der Waals surface area (Å²) in [6.45, 7) is 1.53. The summed E-state index contributed by atoms with van der Waals surface area (Å²) >= 11 is 5.45. The van der Waals surface area contributed by atoms with E-state index in [1.54, 1.807) is 0 Å². The molecule has 0 aromatic heterocycles. The number of hydrogen-bond acceptors (Lipinski definition) is 2. The van der Waals surface area contributed by atoms with Crippen LogP contribution in [0.1, 0.15) is 32.6 Å². The van der Waals surface area contributed by atoms with E-state index in [0.717, 1.165) is 19.3 Å². The van der Waals surface area contributed by atoms with Crippen molar-refractivity contribution in [1.82, 2.24) is 0 Å². The highest BCUT2D eigenvalue weighted by Gasteiger charge is 2.17. The molecular weight excluding hydrogens is 164 g/mol. The zero-order chi connectivity index (χ0) is 8.74. The molecule has 0 aliphatic rings. The van der Waals surface area contributed by atoms with E-state index >= 15 is 0 Å².